The molecule has 1 aliphatic carbocycles. The SMILES string of the molecule is O=C(CSc1nnc2c(n1)-c1cccc3cccc-2c13)Nc1ccc(Cl)c(C(=O)[O-])c1. The molecule has 0 saturated heterocycles. The van der Waals surface area contributed by atoms with Crippen molar-refractivity contribution in [3.8, 4) is 22.5 Å². The predicted molar refractivity (Wildman–Crippen MR) is 117 cm³/mol. The van der Waals surface area contributed by atoms with Gasteiger partial charge in [0.05, 0.1) is 11.7 Å². The van der Waals surface area contributed by atoms with Gasteiger partial charge in [-0.05, 0) is 23.6 Å². The van der Waals surface area contributed by atoms with Crippen LogP contribution in [0.25, 0.3) is 33.3 Å². The average molecular weight is 448 g/mol. The Balaban J connectivity index is 1.33. The summed E-state index contributed by atoms with van der Waals surface area (Å²) in [6, 6.07) is 16.2. The van der Waals surface area contributed by atoms with Crippen LogP contribution in [0.3, 0.4) is 0 Å². The van der Waals surface area contributed by atoms with Gasteiger partial charge in [-0.2, -0.15) is 0 Å². The first kappa shape index (κ1) is 19.5. The summed E-state index contributed by atoms with van der Waals surface area (Å²) in [5.74, 6) is -1.73. The third-order valence-electron chi connectivity index (χ3n) is 4.88. The number of carboxylic acids is 1. The van der Waals surface area contributed by atoms with Crippen molar-refractivity contribution in [1.29, 1.82) is 0 Å². The first-order valence-electron chi connectivity index (χ1n) is 9.22. The van der Waals surface area contributed by atoms with Crippen LogP contribution in [0.5, 0.6) is 0 Å². The number of nitrogens with zero attached hydrogens (tertiary/aromatic N) is 3. The number of nitrogens with one attached hydrogen (secondary N) is 1. The van der Waals surface area contributed by atoms with Crippen LogP contribution in [0.4, 0.5) is 5.69 Å². The molecule has 0 radical (unpaired) electrons. The molecule has 7 nitrogen and oxygen atoms in total. The van der Waals surface area contributed by atoms with Crippen LogP contribution in [0, 0.1) is 0 Å². The van der Waals surface area contributed by atoms with Crippen LogP contribution >= 0.6 is 23.4 Å². The summed E-state index contributed by atoms with van der Waals surface area (Å²) in [5, 5.41) is 24.9. The lowest BCUT2D eigenvalue weighted by molar-refractivity contribution is -0.255. The van der Waals surface area contributed by atoms with Crippen molar-refractivity contribution < 1.29 is 14.7 Å². The molecular weight excluding hydrogens is 436 g/mol. The van der Waals surface area contributed by atoms with E-state index in [1.807, 2.05) is 36.4 Å². The molecule has 1 N–H and O–H groups in total. The number of aromatic nitrogens is 3. The van der Waals surface area contributed by atoms with E-state index in [4.69, 9.17) is 11.6 Å². The number of carbonyl (C=O) groups is 2. The predicted octanol–water partition coefficient (Wildman–Crippen LogP) is 3.42. The maximum Gasteiger partial charge on any atom is 0.234 e. The number of amides is 1. The molecule has 152 valence electrons. The van der Waals surface area contributed by atoms with E-state index in [1.165, 1.54) is 18.2 Å². The molecule has 1 aromatic heterocycles. The van der Waals surface area contributed by atoms with Gasteiger partial charge in [-0.1, -0.05) is 59.8 Å². The van der Waals surface area contributed by atoms with Gasteiger partial charge in [-0.25, -0.2) is 4.98 Å². The largest absolute Gasteiger partial charge is 0.545 e. The van der Waals surface area contributed by atoms with Gasteiger partial charge in [0.2, 0.25) is 11.1 Å². The number of aromatic carboxylic acids is 1. The van der Waals surface area contributed by atoms with Gasteiger partial charge in [0, 0.05) is 32.8 Å². The number of hydrogen-bond donors (Lipinski definition) is 1. The normalized spacial score (nSPS) is 11.4. The maximum absolute atomic E-state index is 12.3. The van der Waals surface area contributed by atoms with E-state index in [0.717, 1.165) is 45.0 Å². The van der Waals surface area contributed by atoms with E-state index in [2.05, 4.69) is 20.5 Å². The second-order valence-electron chi connectivity index (χ2n) is 6.82. The lowest BCUT2D eigenvalue weighted by atomic mass is 10.0. The Bertz CT molecular complexity index is 1390. The molecule has 1 heterocycles. The monoisotopic (exact) mass is 447 g/mol. The Hall–Kier alpha value is -3.49. The highest BCUT2D eigenvalue weighted by molar-refractivity contribution is 7.99. The summed E-state index contributed by atoms with van der Waals surface area (Å²) in [6.45, 7) is 0. The van der Waals surface area contributed by atoms with E-state index >= 15 is 0 Å². The fourth-order valence-corrected chi connectivity index (χ4v) is 4.35. The fourth-order valence-electron chi connectivity index (χ4n) is 3.56. The number of thioether (sulfide) groups is 1. The molecule has 9 heteroatoms. The van der Waals surface area contributed by atoms with Gasteiger partial charge in [0.15, 0.2) is 0 Å². The number of carbonyl (C=O) groups excluding carboxylic acids is 2. The Morgan fingerprint density at radius 2 is 1.74 bits per heavy atom. The number of benzene rings is 3. The summed E-state index contributed by atoms with van der Waals surface area (Å²) in [5.41, 5.74) is 3.61. The maximum atomic E-state index is 12.3. The Kier molecular flexibility index (Phi) is 4.80. The van der Waals surface area contributed by atoms with Crippen LogP contribution in [0.2, 0.25) is 5.02 Å². The standard InChI is InChI=1S/C22H13ClN4O3S/c23-16-8-7-12(9-15(16)21(29)30)24-17(28)10-31-22-25-19-13-5-1-3-11-4-2-6-14(18(11)13)20(19)26-27-22/h1-9H,10H2,(H,24,28)(H,29,30)/p-1. The quantitative estimate of drug-likeness (QED) is 0.411. The van der Waals surface area contributed by atoms with E-state index < -0.39 is 5.97 Å². The van der Waals surface area contributed by atoms with Gasteiger partial charge in [0.25, 0.3) is 0 Å². The van der Waals surface area contributed by atoms with Crippen molar-refractivity contribution >= 4 is 51.7 Å². The summed E-state index contributed by atoms with van der Waals surface area (Å²) >= 11 is 6.96. The van der Waals surface area contributed by atoms with Gasteiger partial charge in [-0.15, -0.1) is 10.2 Å². The third-order valence-corrected chi connectivity index (χ3v) is 6.05. The van der Waals surface area contributed by atoms with E-state index in [0.29, 0.717) is 10.8 Å². The highest BCUT2D eigenvalue weighted by atomic mass is 35.5. The van der Waals surface area contributed by atoms with Crippen molar-refractivity contribution in [3.05, 3.63) is 65.2 Å². The average Bonchev–Trinajstić information content (AvgIpc) is 3.09. The van der Waals surface area contributed by atoms with Crippen LogP contribution in [-0.2, 0) is 4.79 Å². The topological polar surface area (TPSA) is 108 Å². The number of carboxylic acid groups (broad SMARTS) is 1. The zero-order valence-corrected chi connectivity index (χ0v) is 17.3. The van der Waals surface area contributed by atoms with Gasteiger partial charge < -0.3 is 15.2 Å². The Morgan fingerprint density at radius 3 is 2.48 bits per heavy atom. The summed E-state index contributed by atoms with van der Waals surface area (Å²) in [7, 11) is 0. The molecule has 3 aromatic carbocycles. The van der Waals surface area contributed by atoms with Crippen molar-refractivity contribution in [2.45, 2.75) is 5.16 Å². The number of halogens is 1. The first-order chi connectivity index (χ1) is 15.0. The second-order valence-corrected chi connectivity index (χ2v) is 8.17. The summed E-state index contributed by atoms with van der Waals surface area (Å²) in [6.07, 6.45) is 0. The molecule has 0 spiro atoms. The van der Waals surface area contributed by atoms with Crippen LogP contribution in [-0.4, -0.2) is 32.8 Å². The van der Waals surface area contributed by atoms with Crippen LogP contribution < -0.4 is 10.4 Å². The number of hydrogen-bond acceptors (Lipinski definition) is 7. The van der Waals surface area contributed by atoms with Crippen molar-refractivity contribution in [3.63, 3.8) is 0 Å². The summed E-state index contributed by atoms with van der Waals surface area (Å²) in [4.78, 5) is 28.0. The van der Waals surface area contributed by atoms with Gasteiger partial charge in [-0.3, -0.25) is 4.79 Å². The molecule has 1 aliphatic rings. The number of anilines is 1. The van der Waals surface area contributed by atoms with E-state index in [1.54, 1.807) is 0 Å². The molecule has 4 aromatic rings. The molecule has 31 heavy (non-hydrogen) atoms. The first-order valence-corrected chi connectivity index (χ1v) is 10.6. The van der Waals surface area contributed by atoms with Gasteiger partial charge in [0.1, 0.15) is 11.4 Å². The molecule has 0 aliphatic heterocycles. The number of rotatable bonds is 5. The van der Waals surface area contributed by atoms with Crippen LogP contribution in [0.15, 0.2) is 59.8 Å². The minimum Gasteiger partial charge on any atom is -0.545 e. The summed E-state index contributed by atoms with van der Waals surface area (Å²) < 4.78 is 0. The molecule has 0 unspecified atom stereocenters. The van der Waals surface area contributed by atoms with Crippen molar-refractivity contribution in [2.24, 2.45) is 0 Å². The van der Waals surface area contributed by atoms with E-state index in [9.17, 15) is 14.7 Å². The Morgan fingerprint density at radius 1 is 1.00 bits per heavy atom. The van der Waals surface area contributed by atoms with E-state index in [-0.39, 0.29) is 22.2 Å². The van der Waals surface area contributed by atoms with Crippen molar-refractivity contribution in [1.82, 2.24) is 15.2 Å². The minimum atomic E-state index is -1.41. The zero-order valence-electron chi connectivity index (χ0n) is 15.8. The molecule has 0 atom stereocenters. The minimum absolute atomic E-state index is 0.0287. The molecule has 1 amide bonds. The molecule has 0 fully saturated rings. The second kappa shape index (κ2) is 7.64. The Labute approximate surface area is 185 Å². The lowest BCUT2D eigenvalue weighted by Gasteiger charge is -2.09. The van der Waals surface area contributed by atoms with Gasteiger partial charge >= 0.3 is 0 Å². The molecule has 0 saturated carbocycles. The third kappa shape index (κ3) is 3.49. The van der Waals surface area contributed by atoms with Crippen molar-refractivity contribution in [2.75, 3.05) is 11.1 Å². The molecule has 5 rings (SSSR count). The van der Waals surface area contributed by atoms with Crippen LogP contribution in [0.1, 0.15) is 10.4 Å². The molecule has 0 bridgehead atoms. The lowest BCUT2D eigenvalue weighted by Crippen LogP contribution is -2.23. The fraction of sp³-hybridized carbons (Fsp3) is 0.0455. The highest BCUT2D eigenvalue weighted by Crippen LogP contribution is 2.44. The zero-order chi connectivity index (χ0) is 21.5. The molecular formula is C22H12ClN4O3S-. The number of fused-ring (bicyclic) bond motifs is 3. The smallest absolute Gasteiger partial charge is 0.234 e. The highest BCUT2D eigenvalue weighted by Gasteiger charge is 2.25.